The van der Waals surface area contributed by atoms with Gasteiger partial charge in [0.1, 0.15) is 12.4 Å². The van der Waals surface area contributed by atoms with Crippen LogP contribution in [0.1, 0.15) is 18.1 Å². The number of para-hydroxylation sites is 1. The van der Waals surface area contributed by atoms with Crippen molar-refractivity contribution >= 4 is 23.0 Å². The first-order chi connectivity index (χ1) is 10.5. The van der Waals surface area contributed by atoms with Crippen LogP contribution >= 0.6 is 12.2 Å². The fraction of sp³-hybridized carbons (Fsp3) is 0.278. The molecule has 4 heteroatoms. The van der Waals surface area contributed by atoms with Crippen molar-refractivity contribution in [2.45, 2.75) is 26.8 Å². The molecular weight excluding hydrogens is 292 g/mol. The Kier molecular flexibility index (Phi) is 5.78. The predicted octanol–water partition coefficient (Wildman–Crippen LogP) is 4.06. The van der Waals surface area contributed by atoms with Gasteiger partial charge in [-0.2, -0.15) is 0 Å². The van der Waals surface area contributed by atoms with Gasteiger partial charge in [-0.25, -0.2) is 0 Å². The summed E-state index contributed by atoms with van der Waals surface area (Å²) < 4.78 is 5.82. The van der Waals surface area contributed by atoms with Crippen molar-refractivity contribution in [2.24, 2.45) is 0 Å². The van der Waals surface area contributed by atoms with E-state index in [9.17, 15) is 0 Å². The Morgan fingerprint density at radius 1 is 1.09 bits per heavy atom. The lowest BCUT2D eigenvalue weighted by Gasteiger charge is -2.18. The summed E-state index contributed by atoms with van der Waals surface area (Å²) >= 11 is 5.32. The van der Waals surface area contributed by atoms with Crippen LogP contribution in [0, 0.1) is 13.8 Å². The molecule has 0 radical (unpaired) electrons. The van der Waals surface area contributed by atoms with Crippen molar-refractivity contribution in [3.8, 4) is 5.75 Å². The fourth-order valence-corrected chi connectivity index (χ4v) is 2.32. The third-order valence-corrected chi connectivity index (χ3v) is 3.49. The topological polar surface area (TPSA) is 33.3 Å². The highest BCUT2D eigenvalue weighted by Gasteiger charge is 2.06. The zero-order valence-electron chi connectivity index (χ0n) is 13.2. The van der Waals surface area contributed by atoms with Crippen LogP contribution in [0.4, 0.5) is 5.69 Å². The van der Waals surface area contributed by atoms with E-state index < -0.39 is 0 Å². The maximum atomic E-state index is 5.82. The minimum Gasteiger partial charge on any atom is -0.491 e. The van der Waals surface area contributed by atoms with E-state index >= 15 is 0 Å². The zero-order valence-corrected chi connectivity index (χ0v) is 14.0. The molecule has 2 aromatic carbocycles. The molecule has 2 N–H and O–H groups in total. The third-order valence-electron chi connectivity index (χ3n) is 3.27. The molecule has 0 aliphatic rings. The number of hydrogen-bond donors (Lipinski definition) is 2. The van der Waals surface area contributed by atoms with E-state index in [0.717, 1.165) is 17.0 Å². The minimum atomic E-state index is 0.116. The molecule has 2 rings (SSSR count). The van der Waals surface area contributed by atoms with E-state index in [1.165, 1.54) is 5.56 Å². The van der Waals surface area contributed by atoms with Crippen molar-refractivity contribution in [2.75, 3.05) is 11.9 Å². The summed E-state index contributed by atoms with van der Waals surface area (Å²) in [5, 5.41) is 7.00. The lowest BCUT2D eigenvalue weighted by atomic mass is 10.2. The Labute approximate surface area is 137 Å². The molecule has 2 aromatic rings. The van der Waals surface area contributed by atoms with Crippen LogP contribution in [0.3, 0.4) is 0 Å². The quantitative estimate of drug-likeness (QED) is 0.816. The first-order valence-corrected chi connectivity index (χ1v) is 7.78. The largest absolute Gasteiger partial charge is 0.491 e. The molecule has 0 saturated carbocycles. The Morgan fingerprint density at radius 3 is 2.45 bits per heavy atom. The summed E-state index contributed by atoms with van der Waals surface area (Å²) in [5.41, 5.74) is 3.34. The Bertz CT molecular complexity index is 625. The van der Waals surface area contributed by atoms with Crippen LogP contribution in [-0.2, 0) is 0 Å². The molecule has 0 heterocycles. The van der Waals surface area contributed by atoms with Gasteiger partial charge in [0.05, 0.1) is 6.04 Å². The maximum Gasteiger partial charge on any atom is 0.171 e. The standard InChI is InChI=1S/C18H22N2OS/c1-13-8-10-16(11-9-13)20-18(22)19-15(3)12-21-17-7-5-4-6-14(17)2/h4-11,15H,12H2,1-3H3,(H2,19,20,22)/t15-/m1/s1. The Balaban J connectivity index is 1.79. The molecular formula is C18H22N2OS. The molecule has 0 amide bonds. The van der Waals surface area contributed by atoms with E-state index in [1.807, 2.05) is 50.2 Å². The van der Waals surface area contributed by atoms with Gasteiger partial charge in [-0.1, -0.05) is 35.9 Å². The molecule has 3 nitrogen and oxygen atoms in total. The molecule has 0 aliphatic heterocycles. The Hall–Kier alpha value is -2.07. The number of hydrogen-bond acceptors (Lipinski definition) is 2. The van der Waals surface area contributed by atoms with Crippen molar-refractivity contribution in [3.63, 3.8) is 0 Å². The Morgan fingerprint density at radius 2 is 1.77 bits per heavy atom. The molecule has 0 fully saturated rings. The summed E-state index contributed by atoms with van der Waals surface area (Å²) in [5.74, 6) is 0.911. The number of ether oxygens (including phenoxy) is 1. The first kappa shape index (κ1) is 16.3. The van der Waals surface area contributed by atoms with Gasteiger partial charge in [0.25, 0.3) is 0 Å². The second-order valence-electron chi connectivity index (χ2n) is 5.44. The number of anilines is 1. The van der Waals surface area contributed by atoms with E-state index in [4.69, 9.17) is 17.0 Å². The van der Waals surface area contributed by atoms with Crippen LogP contribution < -0.4 is 15.4 Å². The number of nitrogens with one attached hydrogen (secondary N) is 2. The van der Waals surface area contributed by atoms with Crippen LogP contribution in [0.5, 0.6) is 5.75 Å². The summed E-state index contributed by atoms with van der Waals surface area (Å²) in [4.78, 5) is 0. The van der Waals surface area contributed by atoms with E-state index in [2.05, 4.69) is 29.7 Å². The molecule has 0 aliphatic carbocycles. The van der Waals surface area contributed by atoms with Crippen molar-refractivity contribution in [1.29, 1.82) is 0 Å². The average molecular weight is 314 g/mol. The van der Waals surface area contributed by atoms with Crippen LogP contribution in [-0.4, -0.2) is 17.8 Å². The van der Waals surface area contributed by atoms with Gasteiger partial charge < -0.3 is 15.4 Å². The molecule has 22 heavy (non-hydrogen) atoms. The van der Waals surface area contributed by atoms with Crippen molar-refractivity contribution < 1.29 is 4.74 Å². The lowest BCUT2D eigenvalue weighted by Crippen LogP contribution is -2.39. The summed E-state index contributed by atoms with van der Waals surface area (Å²) in [6.45, 7) is 6.70. The monoisotopic (exact) mass is 314 g/mol. The molecule has 0 aromatic heterocycles. The molecule has 0 bridgehead atoms. The van der Waals surface area contributed by atoms with Crippen molar-refractivity contribution in [1.82, 2.24) is 5.32 Å². The summed E-state index contributed by atoms with van der Waals surface area (Å²) in [6, 6.07) is 16.2. The van der Waals surface area contributed by atoms with Crippen LogP contribution in [0.15, 0.2) is 48.5 Å². The fourth-order valence-electron chi connectivity index (χ4n) is 2.00. The average Bonchev–Trinajstić information content (AvgIpc) is 2.49. The van der Waals surface area contributed by atoms with Gasteiger partial charge >= 0.3 is 0 Å². The number of thiocarbonyl (C=S) groups is 1. The van der Waals surface area contributed by atoms with Gasteiger partial charge in [0.15, 0.2) is 5.11 Å². The van der Waals surface area contributed by atoms with Crippen LogP contribution in [0.25, 0.3) is 0 Å². The van der Waals surface area contributed by atoms with E-state index in [0.29, 0.717) is 11.7 Å². The van der Waals surface area contributed by atoms with Gasteiger partial charge in [-0.3, -0.25) is 0 Å². The van der Waals surface area contributed by atoms with Crippen molar-refractivity contribution in [3.05, 3.63) is 59.7 Å². The first-order valence-electron chi connectivity index (χ1n) is 7.37. The SMILES string of the molecule is Cc1ccc(NC(=S)N[C@H](C)COc2ccccc2C)cc1. The molecule has 0 unspecified atom stereocenters. The second-order valence-corrected chi connectivity index (χ2v) is 5.85. The van der Waals surface area contributed by atoms with Gasteiger partial charge in [0.2, 0.25) is 0 Å². The predicted molar refractivity (Wildman–Crippen MR) is 96.7 cm³/mol. The van der Waals surface area contributed by atoms with Gasteiger partial charge in [-0.05, 0) is 56.8 Å². The lowest BCUT2D eigenvalue weighted by molar-refractivity contribution is 0.285. The molecule has 0 saturated heterocycles. The van der Waals surface area contributed by atoms with E-state index in [1.54, 1.807) is 0 Å². The van der Waals surface area contributed by atoms with E-state index in [-0.39, 0.29) is 6.04 Å². The highest BCUT2D eigenvalue weighted by atomic mass is 32.1. The molecule has 1 atom stereocenters. The summed E-state index contributed by atoms with van der Waals surface area (Å²) in [6.07, 6.45) is 0. The third kappa shape index (κ3) is 5.04. The molecule has 0 spiro atoms. The maximum absolute atomic E-state index is 5.82. The highest BCUT2D eigenvalue weighted by molar-refractivity contribution is 7.80. The van der Waals surface area contributed by atoms with Crippen LogP contribution in [0.2, 0.25) is 0 Å². The minimum absolute atomic E-state index is 0.116. The highest BCUT2D eigenvalue weighted by Crippen LogP contribution is 2.16. The normalized spacial score (nSPS) is 11.6. The number of benzene rings is 2. The molecule has 116 valence electrons. The number of aryl methyl sites for hydroxylation is 2. The number of rotatable bonds is 5. The second kappa shape index (κ2) is 7.80. The summed E-state index contributed by atoms with van der Waals surface area (Å²) in [7, 11) is 0. The zero-order chi connectivity index (χ0) is 15.9. The van der Waals surface area contributed by atoms with Gasteiger partial charge in [0, 0.05) is 5.69 Å². The smallest absolute Gasteiger partial charge is 0.171 e. The van der Waals surface area contributed by atoms with Gasteiger partial charge in [-0.15, -0.1) is 0 Å².